The van der Waals surface area contributed by atoms with Crippen molar-refractivity contribution in [3.63, 3.8) is 0 Å². The number of nitrogens with zero attached hydrogens (tertiary/aromatic N) is 2. The van der Waals surface area contributed by atoms with Crippen LogP contribution >= 0.6 is 11.6 Å². The number of rotatable bonds is 3. The lowest BCUT2D eigenvalue weighted by Gasteiger charge is -2.50. The molecule has 0 bridgehead atoms. The number of para-hydroxylation sites is 1. The molecule has 2 aromatic rings. The molecule has 0 radical (unpaired) electrons. The van der Waals surface area contributed by atoms with E-state index >= 15 is 0 Å². The molecule has 0 aliphatic carbocycles. The fourth-order valence-electron chi connectivity index (χ4n) is 5.12. The maximum Gasteiger partial charge on any atom is 0.209 e. The van der Waals surface area contributed by atoms with Crippen LogP contribution in [0.2, 0.25) is 5.02 Å². The summed E-state index contributed by atoms with van der Waals surface area (Å²) in [5, 5.41) is 8.15. The number of hydrogen-bond acceptors (Lipinski definition) is 4. The third kappa shape index (κ3) is 3.15. The first-order valence-corrected chi connectivity index (χ1v) is 11.2. The monoisotopic (exact) mass is 426 g/mol. The first-order valence-electron chi connectivity index (χ1n) is 10.8. The topological polar surface area (TPSA) is 38.5 Å². The molecule has 0 amide bonds. The summed E-state index contributed by atoms with van der Waals surface area (Å²) in [5.74, 6) is 1.70. The number of ether oxygens (including phenoxy) is 2. The first kappa shape index (κ1) is 19.7. The van der Waals surface area contributed by atoms with Gasteiger partial charge < -0.3 is 14.4 Å². The van der Waals surface area contributed by atoms with Crippen molar-refractivity contribution in [1.82, 2.24) is 5.01 Å². The summed E-state index contributed by atoms with van der Waals surface area (Å²) < 4.78 is 12.5. The average molecular weight is 427 g/mol. The van der Waals surface area contributed by atoms with Crippen LogP contribution in [0, 0.1) is 0 Å². The molecule has 1 atom stereocenters. The van der Waals surface area contributed by atoms with E-state index in [2.05, 4.69) is 37.1 Å². The largest absolute Gasteiger partial charge is 0.493 e. The van der Waals surface area contributed by atoms with Crippen molar-refractivity contribution in [2.75, 3.05) is 20.2 Å². The van der Waals surface area contributed by atoms with Crippen LogP contribution in [0.25, 0.3) is 0 Å². The summed E-state index contributed by atoms with van der Waals surface area (Å²) in [6, 6.07) is 15.0. The number of likely N-dealkylation sites (tertiary alicyclic amines) is 1. The van der Waals surface area contributed by atoms with E-state index in [0.29, 0.717) is 6.04 Å². The lowest BCUT2D eigenvalue weighted by molar-refractivity contribution is -0.929. The number of hydrazone groups is 1. The molecule has 1 saturated heterocycles. The fraction of sp³-hybridized carbons (Fsp3) is 0.458. The van der Waals surface area contributed by atoms with Crippen LogP contribution in [0.5, 0.6) is 11.5 Å². The molecule has 0 unspecified atom stereocenters. The maximum absolute atomic E-state index is 6.79. The second-order valence-electron chi connectivity index (χ2n) is 8.86. The molecule has 5 rings (SSSR count). The summed E-state index contributed by atoms with van der Waals surface area (Å²) in [7, 11) is 1.72. The highest BCUT2D eigenvalue weighted by Crippen LogP contribution is 2.52. The Morgan fingerprint density at radius 1 is 1.17 bits per heavy atom. The van der Waals surface area contributed by atoms with E-state index < -0.39 is 5.72 Å². The molecule has 1 N–H and O–H groups in total. The summed E-state index contributed by atoms with van der Waals surface area (Å²) in [6.45, 7) is 6.75. The van der Waals surface area contributed by atoms with Gasteiger partial charge in [-0.3, -0.25) is 0 Å². The molecule has 0 aromatic heterocycles. The summed E-state index contributed by atoms with van der Waals surface area (Å²) in [5.41, 5.74) is 2.96. The third-order valence-corrected chi connectivity index (χ3v) is 7.13. The minimum Gasteiger partial charge on any atom is -0.493 e. The van der Waals surface area contributed by atoms with Gasteiger partial charge in [-0.2, -0.15) is 5.10 Å². The summed E-state index contributed by atoms with van der Waals surface area (Å²) in [6.07, 6.45) is 2.76. The fourth-order valence-corrected chi connectivity index (χ4v) is 5.24. The number of nitrogens with one attached hydrogen (secondary N) is 1. The van der Waals surface area contributed by atoms with Crippen molar-refractivity contribution in [3.05, 3.63) is 58.6 Å². The van der Waals surface area contributed by atoms with Gasteiger partial charge in [-0.25, -0.2) is 5.01 Å². The quantitative estimate of drug-likeness (QED) is 0.813. The molecule has 30 heavy (non-hydrogen) atoms. The van der Waals surface area contributed by atoms with Crippen molar-refractivity contribution in [2.45, 2.75) is 50.9 Å². The lowest BCUT2D eigenvalue weighted by atomic mass is 9.90. The predicted molar refractivity (Wildman–Crippen MR) is 119 cm³/mol. The minimum absolute atomic E-state index is 0.162. The Kier molecular flexibility index (Phi) is 4.91. The van der Waals surface area contributed by atoms with Gasteiger partial charge in [0.1, 0.15) is 0 Å². The zero-order chi connectivity index (χ0) is 20.9. The average Bonchev–Trinajstić information content (AvgIpc) is 3.21. The number of hydrogen-bond donors (Lipinski definition) is 1. The van der Waals surface area contributed by atoms with Gasteiger partial charge >= 0.3 is 0 Å². The molecular formula is C24H29ClN3O2+. The van der Waals surface area contributed by atoms with E-state index in [0.717, 1.165) is 65.7 Å². The van der Waals surface area contributed by atoms with Crippen molar-refractivity contribution >= 4 is 17.3 Å². The SMILES string of the molecule is COc1cccc2c1OC1(CC[NH+](C(C)C)CC1)N1N=C(c3ccc(Cl)cc3)C[C@@H]21. The number of quaternary nitrogens is 1. The number of benzene rings is 2. The standard InChI is InChI=1S/C24H28ClN3O2/c1-16(2)27-13-11-24(12-14-27)28-21(19-5-4-6-22(29-3)23(19)30-24)15-20(26-28)17-7-9-18(25)10-8-17/h4-10,16,21H,11-15H2,1-3H3/p+1/t21-/m0/s1. The van der Waals surface area contributed by atoms with Gasteiger partial charge in [0, 0.05) is 17.0 Å². The molecule has 1 fully saturated rings. The molecule has 1 spiro atoms. The van der Waals surface area contributed by atoms with Gasteiger partial charge in [0.15, 0.2) is 11.5 Å². The number of methoxy groups -OCH3 is 1. The lowest BCUT2D eigenvalue weighted by Crippen LogP contribution is -3.16. The molecule has 5 nitrogen and oxygen atoms in total. The Labute approximate surface area is 183 Å². The van der Waals surface area contributed by atoms with E-state index in [1.807, 2.05) is 24.3 Å². The molecule has 6 heteroatoms. The van der Waals surface area contributed by atoms with Crippen LogP contribution in [-0.4, -0.2) is 42.7 Å². The van der Waals surface area contributed by atoms with Crippen LogP contribution < -0.4 is 14.4 Å². The Morgan fingerprint density at radius 3 is 2.57 bits per heavy atom. The number of fused-ring (bicyclic) bond motifs is 4. The number of piperidine rings is 1. The Morgan fingerprint density at radius 2 is 1.90 bits per heavy atom. The molecule has 3 heterocycles. The highest BCUT2D eigenvalue weighted by Gasteiger charge is 2.53. The van der Waals surface area contributed by atoms with E-state index in [4.69, 9.17) is 26.2 Å². The summed E-state index contributed by atoms with van der Waals surface area (Å²) >= 11 is 6.11. The molecule has 3 aliphatic rings. The van der Waals surface area contributed by atoms with Gasteiger partial charge in [-0.05, 0) is 37.6 Å². The van der Waals surface area contributed by atoms with Crippen LogP contribution in [0.1, 0.15) is 50.3 Å². The zero-order valence-corrected chi connectivity index (χ0v) is 18.6. The van der Waals surface area contributed by atoms with E-state index in [-0.39, 0.29) is 6.04 Å². The van der Waals surface area contributed by atoms with Crippen molar-refractivity contribution in [3.8, 4) is 11.5 Å². The normalized spacial score (nSPS) is 27.5. The Bertz CT molecular complexity index is 965. The van der Waals surface area contributed by atoms with Crippen LogP contribution in [-0.2, 0) is 0 Å². The van der Waals surface area contributed by atoms with E-state index in [1.54, 1.807) is 12.0 Å². The smallest absolute Gasteiger partial charge is 0.209 e. The molecule has 0 saturated carbocycles. The second kappa shape index (κ2) is 7.47. The molecule has 3 aliphatic heterocycles. The molecule has 2 aromatic carbocycles. The second-order valence-corrected chi connectivity index (χ2v) is 9.29. The predicted octanol–water partition coefficient (Wildman–Crippen LogP) is 3.68. The van der Waals surface area contributed by atoms with Crippen LogP contribution in [0.15, 0.2) is 47.6 Å². The highest BCUT2D eigenvalue weighted by molar-refractivity contribution is 6.30. The van der Waals surface area contributed by atoms with Gasteiger partial charge in [-0.1, -0.05) is 35.9 Å². The Balaban J connectivity index is 1.56. The zero-order valence-electron chi connectivity index (χ0n) is 17.8. The van der Waals surface area contributed by atoms with Gasteiger partial charge in [-0.15, -0.1) is 0 Å². The summed E-state index contributed by atoms with van der Waals surface area (Å²) in [4.78, 5) is 1.63. The van der Waals surface area contributed by atoms with Crippen LogP contribution in [0.3, 0.4) is 0 Å². The van der Waals surface area contributed by atoms with Crippen molar-refractivity contribution < 1.29 is 14.4 Å². The van der Waals surface area contributed by atoms with Crippen LogP contribution in [0.4, 0.5) is 0 Å². The van der Waals surface area contributed by atoms with Crippen molar-refractivity contribution in [1.29, 1.82) is 0 Å². The highest BCUT2D eigenvalue weighted by atomic mass is 35.5. The maximum atomic E-state index is 6.79. The van der Waals surface area contributed by atoms with E-state index in [9.17, 15) is 0 Å². The molecule has 158 valence electrons. The third-order valence-electron chi connectivity index (χ3n) is 6.88. The minimum atomic E-state index is -0.418. The van der Waals surface area contributed by atoms with Gasteiger partial charge in [0.25, 0.3) is 0 Å². The van der Waals surface area contributed by atoms with Gasteiger partial charge in [0.05, 0.1) is 50.8 Å². The van der Waals surface area contributed by atoms with Crippen molar-refractivity contribution in [2.24, 2.45) is 5.10 Å². The van der Waals surface area contributed by atoms with E-state index in [1.165, 1.54) is 0 Å². The first-order chi connectivity index (χ1) is 14.5. The van der Waals surface area contributed by atoms with Gasteiger partial charge in [0.2, 0.25) is 5.72 Å². The number of halogens is 1. The Hall–Kier alpha value is -2.24. The molecular weight excluding hydrogens is 398 g/mol.